The second-order valence-corrected chi connectivity index (χ2v) is 8.08. The normalized spacial score (nSPS) is 15.5. The molecule has 29 heavy (non-hydrogen) atoms. The SMILES string of the molecule is C[C@H]([NH2+]CC(=O)N1CCN(c2cccc(Cl)c2)CC1)c1cccc2ccccc12. The third kappa shape index (κ3) is 4.55. The lowest BCUT2D eigenvalue weighted by Gasteiger charge is -2.36. The quantitative estimate of drug-likeness (QED) is 0.702. The fourth-order valence-electron chi connectivity index (χ4n) is 4.07. The van der Waals surface area contributed by atoms with Crippen LogP contribution in [0.1, 0.15) is 18.5 Å². The Kier molecular flexibility index (Phi) is 6.02. The maximum atomic E-state index is 12.7. The number of carbonyl (C=O) groups excluding carboxylic acids is 1. The fourth-order valence-corrected chi connectivity index (χ4v) is 4.25. The van der Waals surface area contributed by atoms with Crippen LogP contribution in [-0.4, -0.2) is 43.5 Å². The molecule has 0 bridgehead atoms. The van der Waals surface area contributed by atoms with Gasteiger partial charge in [-0.25, -0.2) is 0 Å². The summed E-state index contributed by atoms with van der Waals surface area (Å²) in [6.45, 7) is 5.83. The molecule has 1 fully saturated rings. The highest BCUT2D eigenvalue weighted by molar-refractivity contribution is 6.30. The Hall–Kier alpha value is -2.56. The lowest BCUT2D eigenvalue weighted by atomic mass is 10.00. The molecule has 4 rings (SSSR count). The largest absolute Gasteiger partial charge is 0.368 e. The summed E-state index contributed by atoms with van der Waals surface area (Å²) in [6, 6.07) is 23.0. The van der Waals surface area contributed by atoms with Gasteiger partial charge in [-0.2, -0.15) is 0 Å². The zero-order valence-electron chi connectivity index (χ0n) is 16.7. The summed E-state index contributed by atoms with van der Waals surface area (Å²) in [6.07, 6.45) is 0. The Morgan fingerprint density at radius 3 is 2.52 bits per heavy atom. The van der Waals surface area contributed by atoms with Crippen LogP contribution in [0.4, 0.5) is 5.69 Å². The van der Waals surface area contributed by atoms with E-state index in [-0.39, 0.29) is 11.9 Å². The van der Waals surface area contributed by atoms with Crippen LogP contribution in [-0.2, 0) is 4.79 Å². The lowest BCUT2D eigenvalue weighted by molar-refractivity contribution is -0.682. The number of piperazine rings is 1. The lowest BCUT2D eigenvalue weighted by Crippen LogP contribution is -2.87. The van der Waals surface area contributed by atoms with E-state index in [0.717, 1.165) is 36.9 Å². The number of amides is 1. The first-order chi connectivity index (χ1) is 14.1. The van der Waals surface area contributed by atoms with Gasteiger partial charge in [-0.15, -0.1) is 0 Å². The second-order valence-electron chi connectivity index (χ2n) is 7.64. The number of hydrogen-bond donors (Lipinski definition) is 1. The number of anilines is 1. The summed E-state index contributed by atoms with van der Waals surface area (Å²) < 4.78 is 0. The Labute approximate surface area is 177 Å². The molecule has 4 nitrogen and oxygen atoms in total. The van der Waals surface area contributed by atoms with Crippen molar-refractivity contribution in [3.8, 4) is 0 Å². The summed E-state index contributed by atoms with van der Waals surface area (Å²) in [7, 11) is 0. The van der Waals surface area contributed by atoms with E-state index in [2.05, 4.69) is 65.7 Å². The Morgan fingerprint density at radius 1 is 1.00 bits per heavy atom. The van der Waals surface area contributed by atoms with Crippen LogP contribution in [0.5, 0.6) is 0 Å². The summed E-state index contributed by atoms with van der Waals surface area (Å²) in [5.74, 6) is 0.211. The highest BCUT2D eigenvalue weighted by atomic mass is 35.5. The van der Waals surface area contributed by atoms with Crippen molar-refractivity contribution in [3.63, 3.8) is 0 Å². The van der Waals surface area contributed by atoms with E-state index in [1.54, 1.807) is 0 Å². The predicted octanol–water partition coefficient (Wildman–Crippen LogP) is 3.47. The topological polar surface area (TPSA) is 40.2 Å². The number of nitrogens with zero attached hydrogens (tertiary/aromatic N) is 2. The molecule has 0 aromatic heterocycles. The first-order valence-electron chi connectivity index (χ1n) is 10.2. The number of hydrogen-bond acceptors (Lipinski definition) is 2. The molecule has 0 saturated carbocycles. The first kappa shape index (κ1) is 19.7. The van der Waals surface area contributed by atoms with Gasteiger partial charge in [0.25, 0.3) is 5.91 Å². The Balaban J connectivity index is 1.32. The van der Waals surface area contributed by atoms with Crippen molar-refractivity contribution in [3.05, 3.63) is 77.3 Å². The van der Waals surface area contributed by atoms with E-state index < -0.39 is 0 Å². The van der Waals surface area contributed by atoms with E-state index in [1.807, 2.05) is 23.1 Å². The molecule has 0 aliphatic carbocycles. The number of rotatable bonds is 5. The monoisotopic (exact) mass is 408 g/mol. The molecule has 1 atom stereocenters. The average Bonchev–Trinajstić information content (AvgIpc) is 2.77. The van der Waals surface area contributed by atoms with Gasteiger partial charge in [0.1, 0.15) is 6.04 Å². The number of fused-ring (bicyclic) bond motifs is 1. The number of quaternary nitrogens is 1. The molecule has 0 unspecified atom stereocenters. The van der Waals surface area contributed by atoms with Crippen molar-refractivity contribution >= 4 is 34.0 Å². The molecular weight excluding hydrogens is 382 g/mol. The van der Waals surface area contributed by atoms with Gasteiger partial charge >= 0.3 is 0 Å². The van der Waals surface area contributed by atoms with Crippen LogP contribution in [0.25, 0.3) is 10.8 Å². The van der Waals surface area contributed by atoms with Crippen molar-refractivity contribution < 1.29 is 10.1 Å². The van der Waals surface area contributed by atoms with Crippen molar-refractivity contribution in [2.75, 3.05) is 37.6 Å². The number of halogens is 1. The molecular formula is C24H27ClN3O+. The van der Waals surface area contributed by atoms with Crippen molar-refractivity contribution in [2.45, 2.75) is 13.0 Å². The van der Waals surface area contributed by atoms with Crippen LogP contribution >= 0.6 is 11.6 Å². The minimum atomic E-state index is 0.211. The van der Waals surface area contributed by atoms with E-state index in [0.29, 0.717) is 6.54 Å². The highest BCUT2D eigenvalue weighted by Gasteiger charge is 2.23. The molecule has 0 spiro atoms. The van der Waals surface area contributed by atoms with Gasteiger partial charge in [-0.1, -0.05) is 60.1 Å². The molecule has 3 aromatic carbocycles. The van der Waals surface area contributed by atoms with Gasteiger partial charge in [0.2, 0.25) is 0 Å². The van der Waals surface area contributed by atoms with Gasteiger partial charge in [-0.05, 0) is 35.9 Å². The molecule has 1 saturated heterocycles. The predicted molar refractivity (Wildman–Crippen MR) is 119 cm³/mol. The summed E-state index contributed by atoms with van der Waals surface area (Å²) in [5, 5.41) is 5.40. The molecule has 1 amide bonds. The minimum Gasteiger partial charge on any atom is -0.368 e. The molecule has 2 N–H and O–H groups in total. The van der Waals surface area contributed by atoms with Crippen molar-refractivity contribution in [2.24, 2.45) is 0 Å². The maximum Gasteiger partial charge on any atom is 0.277 e. The second kappa shape index (κ2) is 8.85. The molecule has 1 heterocycles. The highest BCUT2D eigenvalue weighted by Crippen LogP contribution is 2.22. The van der Waals surface area contributed by atoms with E-state index in [9.17, 15) is 4.79 Å². The average molecular weight is 409 g/mol. The number of carbonyl (C=O) groups is 1. The van der Waals surface area contributed by atoms with E-state index in [1.165, 1.54) is 16.3 Å². The number of nitrogens with two attached hydrogens (primary N) is 1. The maximum absolute atomic E-state index is 12.7. The fraction of sp³-hybridized carbons (Fsp3) is 0.292. The van der Waals surface area contributed by atoms with Gasteiger partial charge in [-0.3, -0.25) is 4.79 Å². The van der Waals surface area contributed by atoms with Crippen LogP contribution < -0.4 is 10.2 Å². The smallest absolute Gasteiger partial charge is 0.277 e. The number of benzene rings is 3. The van der Waals surface area contributed by atoms with Gasteiger partial charge in [0.15, 0.2) is 6.54 Å². The minimum absolute atomic E-state index is 0.211. The van der Waals surface area contributed by atoms with Crippen LogP contribution in [0.3, 0.4) is 0 Å². The summed E-state index contributed by atoms with van der Waals surface area (Å²) in [4.78, 5) is 17.0. The molecule has 1 aliphatic rings. The van der Waals surface area contributed by atoms with E-state index in [4.69, 9.17) is 11.6 Å². The van der Waals surface area contributed by atoms with Crippen molar-refractivity contribution in [1.82, 2.24) is 4.90 Å². The van der Waals surface area contributed by atoms with Crippen LogP contribution in [0.15, 0.2) is 66.7 Å². The Bertz CT molecular complexity index is 993. The standard InChI is InChI=1S/C24H26ClN3O/c1-18(22-11-4-7-19-6-2-3-10-23(19)22)26-17-24(29)28-14-12-27(13-15-28)21-9-5-8-20(25)16-21/h2-11,16,18,26H,12-15,17H2,1H3/p+1/t18-/m0/s1. The van der Waals surface area contributed by atoms with Gasteiger partial charge < -0.3 is 15.1 Å². The van der Waals surface area contributed by atoms with Crippen LogP contribution in [0.2, 0.25) is 5.02 Å². The molecule has 5 heteroatoms. The zero-order chi connectivity index (χ0) is 20.2. The van der Waals surface area contributed by atoms with Crippen LogP contribution in [0, 0.1) is 0 Å². The zero-order valence-corrected chi connectivity index (χ0v) is 17.5. The van der Waals surface area contributed by atoms with Gasteiger partial charge in [0, 0.05) is 42.5 Å². The molecule has 150 valence electrons. The third-order valence-electron chi connectivity index (χ3n) is 5.77. The summed E-state index contributed by atoms with van der Waals surface area (Å²) in [5.41, 5.74) is 2.41. The summed E-state index contributed by atoms with van der Waals surface area (Å²) >= 11 is 6.11. The van der Waals surface area contributed by atoms with Crippen molar-refractivity contribution in [1.29, 1.82) is 0 Å². The molecule has 0 radical (unpaired) electrons. The molecule has 3 aromatic rings. The third-order valence-corrected chi connectivity index (χ3v) is 6.00. The van der Waals surface area contributed by atoms with E-state index >= 15 is 0 Å². The molecule has 1 aliphatic heterocycles. The van der Waals surface area contributed by atoms with Gasteiger partial charge in [0.05, 0.1) is 0 Å². The first-order valence-corrected chi connectivity index (χ1v) is 10.6. The Morgan fingerprint density at radius 2 is 1.72 bits per heavy atom.